The third kappa shape index (κ3) is 5.92. The van der Waals surface area contributed by atoms with Gasteiger partial charge in [0.05, 0.1) is 24.3 Å². The third-order valence-corrected chi connectivity index (χ3v) is 6.16. The number of primary amides is 1. The van der Waals surface area contributed by atoms with E-state index in [1.54, 1.807) is 42.6 Å². The molecule has 0 atom stereocenters. The van der Waals surface area contributed by atoms with E-state index in [2.05, 4.69) is 10.2 Å². The van der Waals surface area contributed by atoms with Crippen molar-refractivity contribution in [3.8, 4) is 11.3 Å². The maximum atomic E-state index is 13.1. The first-order valence-corrected chi connectivity index (χ1v) is 12.1. The summed E-state index contributed by atoms with van der Waals surface area (Å²) in [6.07, 6.45) is -0.734. The van der Waals surface area contributed by atoms with E-state index < -0.39 is 29.3 Å². The highest BCUT2D eigenvalue weighted by Crippen LogP contribution is 2.33. The van der Waals surface area contributed by atoms with E-state index in [0.29, 0.717) is 37.1 Å². The van der Waals surface area contributed by atoms with Gasteiger partial charge in [-0.15, -0.1) is 0 Å². The minimum atomic E-state index is -4.45. The number of benzene rings is 1. The Morgan fingerprint density at radius 3 is 2.45 bits per heavy atom. The molecule has 1 aromatic carbocycles. The smallest absolute Gasteiger partial charge is 0.416 e. The molecule has 3 heterocycles. The van der Waals surface area contributed by atoms with Crippen molar-refractivity contribution in [3.63, 3.8) is 0 Å². The number of nitrogens with two attached hydrogens (primary N) is 2. The fourth-order valence-electron chi connectivity index (χ4n) is 4.40. The van der Waals surface area contributed by atoms with Gasteiger partial charge in [0, 0.05) is 24.8 Å². The van der Waals surface area contributed by atoms with E-state index >= 15 is 0 Å². The zero-order chi connectivity index (χ0) is 27.8. The Morgan fingerprint density at radius 2 is 1.84 bits per heavy atom. The van der Waals surface area contributed by atoms with Crippen molar-refractivity contribution < 1.29 is 27.5 Å². The Kier molecular flexibility index (Phi) is 7.13. The van der Waals surface area contributed by atoms with E-state index in [9.17, 15) is 22.8 Å². The maximum Gasteiger partial charge on any atom is 0.416 e. The number of ether oxygens (including phenoxy) is 1. The van der Waals surface area contributed by atoms with Crippen molar-refractivity contribution in [2.45, 2.75) is 58.0 Å². The largest absolute Gasteiger partial charge is 0.444 e. The standard InChI is InChI=1S/C25H30F3N7O3/c1-24(2,3)38-23(37)33-9-7-18(8-10-33)35-21(29)19(22(30)36)20(32-35)16-12-31-34(14-16)13-15-5-4-6-17(11-15)25(26,27)28/h4-6,11-12,14,18H,7-10,13,29H2,1-3H3,(H2,30,36). The fraction of sp³-hybridized carbons (Fsp3) is 0.440. The molecule has 10 nitrogen and oxygen atoms in total. The summed E-state index contributed by atoms with van der Waals surface area (Å²) in [4.78, 5) is 26.3. The Morgan fingerprint density at radius 1 is 1.16 bits per heavy atom. The molecule has 1 aliphatic rings. The topological polar surface area (TPSA) is 134 Å². The molecule has 1 aliphatic heterocycles. The van der Waals surface area contributed by atoms with Crippen LogP contribution in [-0.4, -0.2) is 55.2 Å². The summed E-state index contributed by atoms with van der Waals surface area (Å²) in [5.41, 5.74) is 11.7. The second kappa shape index (κ2) is 10.0. The zero-order valence-corrected chi connectivity index (χ0v) is 21.3. The summed E-state index contributed by atoms with van der Waals surface area (Å²) < 4.78 is 47.6. The van der Waals surface area contributed by atoms with Gasteiger partial charge in [0.1, 0.15) is 22.7 Å². The van der Waals surface area contributed by atoms with Crippen molar-refractivity contribution in [2.24, 2.45) is 5.73 Å². The number of nitrogens with zero attached hydrogens (tertiary/aromatic N) is 5. The van der Waals surface area contributed by atoms with Gasteiger partial charge < -0.3 is 21.1 Å². The fourth-order valence-corrected chi connectivity index (χ4v) is 4.40. The number of alkyl halides is 3. The minimum Gasteiger partial charge on any atom is -0.444 e. The molecule has 13 heteroatoms. The number of hydrogen-bond acceptors (Lipinski definition) is 6. The van der Waals surface area contributed by atoms with Gasteiger partial charge >= 0.3 is 12.3 Å². The monoisotopic (exact) mass is 533 g/mol. The maximum absolute atomic E-state index is 13.1. The van der Waals surface area contributed by atoms with E-state index in [4.69, 9.17) is 16.2 Å². The number of nitrogen functional groups attached to an aromatic ring is 1. The van der Waals surface area contributed by atoms with Crippen LogP contribution >= 0.6 is 0 Å². The summed E-state index contributed by atoms with van der Waals surface area (Å²) >= 11 is 0. The molecule has 0 spiro atoms. The lowest BCUT2D eigenvalue weighted by molar-refractivity contribution is -0.137. The number of rotatable bonds is 5. The molecule has 38 heavy (non-hydrogen) atoms. The van der Waals surface area contributed by atoms with Crippen LogP contribution in [0.1, 0.15) is 61.1 Å². The number of piperidine rings is 1. The number of anilines is 1. The van der Waals surface area contributed by atoms with Gasteiger partial charge in [-0.1, -0.05) is 12.1 Å². The van der Waals surface area contributed by atoms with Gasteiger partial charge in [0.15, 0.2) is 0 Å². The number of likely N-dealkylation sites (tertiary alicyclic amines) is 1. The molecule has 3 aromatic rings. The molecule has 4 N–H and O–H groups in total. The van der Waals surface area contributed by atoms with Crippen LogP contribution in [-0.2, 0) is 17.5 Å². The number of amides is 2. The first-order chi connectivity index (χ1) is 17.7. The van der Waals surface area contributed by atoms with Crippen LogP contribution in [0.5, 0.6) is 0 Å². The van der Waals surface area contributed by atoms with Crippen LogP contribution < -0.4 is 11.5 Å². The lowest BCUT2D eigenvalue weighted by atomic mass is 10.1. The average molecular weight is 534 g/mol. The normalized spacial score (nSPS) is 15.1. The molecule has 1 fully saturated rings. The second-order valence-corrected chi connectivity index (χ2v) is 10.2. The van der Waals surface area contributed by atoms with Gasteiger partial charge in [-0.2, -0.15) is 23.4 Å². The molecule has 4 rings (SSSR count). The molecule has 204 valence electrons. The zero-order valence-electron chi connectivity index (χ0n) is 21.3. The van der Waals surface area contributed by atoms with Crippen molar-refractivity contribution in [1.82, 2.24) is 24.5 Å². The first-order valence-electron chi connectivity index (χ1n) is 12.1. The number of aromatic nitrogens is 4. The molecular weight excluding hydrogens is 503 g/mol. The number of carbonyl (C=O) groups excluding carboxylic acids is 2. The average Bonchev–Trinajstić information content (AvgIpc) is 3.42. The van der Waals surface area contributed by atoms with Crippen LogP contribution in [0, 0.1) is 0 Å². The predicted octanol–water partition coefficient (Wildman–Crippen LogP) is 4.07. The minimum absolute atomic E-state index is 0.0400. The summed E-state index contributed by atoms with van der Waals surface area (Å²) in [6, 6.07) is 4.80. The van der Waals surface area contributed by atoms with Crippen LogP contribution in [0.15, 0.2) is 36.7 Å². The van der Waals surface area contributed by atoms with E-state index in [-0.39, 0.29) is 29.7 Å². The highest BCUT2D eigenvalue weighted by atomic mass is 19.4. The second-order valence-electron chi connectivity index (χ2n) is 10.2. The predicted molar refractivity (Wildman–Crippen MR) is 133 cm³/mol. The summed E-state index contributed by atoms with van der Waals surface area (Å²) in [6.45, 7) is 6.34. The van der Waals surface area contributed by atoms with E-state index in [1.807, 2.05) is 0 Å². The van der Waals surface area contributed by atoms with Gasteiger partial charge in [-0.3, -0.25) is 9.48 Å². The summed E-state index contributed by atoms with van der Waals surface area (Å²) in [7, 11) is 0. The lowest BCUT2D eigenvalue weighted by Gasteiger charge is -2.33. The lowest BCUT2D eigenvalue weighted by Crippen LogP contribution is -2.42. The number of halogens is 3. The van der Waals surface area contributed by atoms with Crippen LogP contribution in [0.3, 0.4) is 0 Å². The quantitative estimate of drug-likeness (QED) is 0.508. The molecule has 0 radical (unpaired) electrons. The molecule has 0 unspecified atom stereocenters. The van der Waals surface area contributed by atoms with Gasteiger partial charge in [0.2, 0.25) is 0 Å². The molecule has 2 aromatic heterocycles. The highest BCUT2D eigenvalue weighted by Gasteiger charge is 2.32. The van der Waals surface area contributed by atoms with Crippen LogP contribution in [0.25, 0.3) is 11.3 Å². The van der Waals surface area contributed by atoms with Crippen molar-refractivity contribution >= 4 is 17.8 Å². The van der Waals surface area contributed by atoms with Gasteiger partial charge in [-0.25, -0.2) is 9.48 Å². The molecule has 1 saturated heterocycles. The Labute approximate surface area is 217 Å². The molecular formula is C25H30F3N7O3. The summed E-state index contributed by atoms with van der Waals surface area (Å²) in [5, 5.41) is 8.80. The number of hydrogen-bond donors (Lipinski definition) is 2. The molecule has 2 amide bonds. The van der Waals surface area contributed by atoms with Crippen LogP contribution in [0.4, 0.5) is 23.8 Å². The van der Waals surface area contributed by atoms with Gasteiger partial charge in [-0.05, 0) is 51.3 Å². The Bertz CT molecular complexity index is 1330. The first kappa shape index (κ1) is 27.0. The SMILES string of the molecule is CC(C)(C)OC(=O)N1CCC(n2nc(-c3cnn(Cc4cccc(C(F)(F)F)c4)c3)c(C(N)=O)c2N)CC1. The van der Waals surface area contributed by atoms with Crippen molar-refractivity contribution in [1.29, 1.82) is 0 Å². The van der Waals surface area contributed by atoms with E-state index in [1.165, 1.54) is 16.9 Å². The molecule has 0 bridgehead atoms. The van der Waals surface area contributed by atoms with Crippen molar-refractivity contribution in [3.05, 3.63) is 53.3 Å². The summed E-state index contributed by atoms with van der Waals surface area (Å²) in [5.74, 6) is -0.658. The van der Waals surface area contributed by atoms with Gasteiger partial charge in [0.25, 0.3) is 5.91 Å². The Balaban J connectivity index is 1.53. The Hall–Kier alpha value is -4.03. The van der Waals surface area contributed by atoms with Crippen molar-refractivity contribution in [2.75, 3.05) is 18.8 Å². The van der Waals surface area contributed by atoms with Crippen LogP contribution in [0.2, 0.25) is 0 Å². The third-order valence-electron chi connectivity index (χ3n) is 6.16. The highest BCUT2D eigenvalue weighted by molar-refractivity contribution is 6.03. The number of carbonyl (C=O) groups is 2. The molecule has 0 aliphatic carbocycles. The molecule has 0 saturated carbocycles. The van der Waals surface area contributed by atoms with E-state index in [0.717, 1.165) is 12.1 Å².